The molecule has 1 aliphatic rings. The van der Waals surface area contributed by atoms with Crippen molar-refractivity contribution in [2.24, 2.45) is 0 Å². The fourth-order valence-electron chi connectivity index (χ4n) is 1.09. The van der Waals surface area contributed by atoms with E-state index >= 15 is 0 Å². The average Bonchev–Trinajstić information content (AvgIpc) is 2.30. The van der Waals surface area contributed by atoms with Crippen molar-refractivity contribution in [1.29, 1.82) is 0 Å². The van der Waals surface area contributed by atoms with E-state index in [1.165, 1.54) is 0 Å². The van der Waals surface area contributed by atoms with Crippen molar-refractivity contribution in [3.63, 3.8) is 0 Å². The van der Waals surface area contributed by atoms with Crippen LogP contribution in [0.2, 0.25) is 0 Å². The molecule has 1 saturated heterocycles. The number of ether oxygens (including phenoxy) is 1. The number of aliphatic hydroxyl groups excluding tert-OH is 3. The van der Waals surface area contributed by atoms with Crippen LogP contribution in [0.5, 0.6) is 0 Å². The Labute approximate surface area is 68.0 Å². The number of hydrogen-bond acceptors (Lipinski definition) is 4. The van der Waals surface area contributed by atoms with Crippen molar-refractivity contribution in [3.05, 3.63) is 0 Å². The van der Waals surface area contributed by atoms with Crippen LogP contribution in [0.3, 0.4) is 0 Å². The van der Waals surface area contributed by atoms with Gasteiger partial charge in [-0.1, -0.05) is 0 Å². The minimum Gasteiger partial charge on any atom is -0.394 e. The quantitative estimate of drug-likeness (QED) is 0.334. The molecule has 0 saturated carbocycles. The van der Waals surface area contributed by atoms with Crippen LogP contribution in [-0.4, -0.2) is 53.2 Å². The molecule has 1 aliphatic heterocycles. The van der Waals surface area contributed by atoms with Crippen molar-refractivity contribution < 1.29 is 20.1 Å². The second-order valence-electron chi connectivity index (χ2n) is 2.50. The Morgan fingerprint density at radius 2 is 2.00 bits per heavy atom. The highest BCUT2D eigenvalue weighted by Crippen LogP contribution is 2.20. The highest BCUT2D eigenvalue weighted by Gasteiger charge is 2.41. The van der Waals surface area contributed by atoms with E-state index in [-0.39, 0.29) is 6.61 Å². The first-order valence-electron chi connectivity index (χ1n) is 3.38. The van der Waals surface area contributed by atoms with Gasteiger partial charge in [-0.15, -0.1) is 0 Å². The smallest absolute Gasteiger partial charge is 0.180 e. The maximum atomic E-state index is 9.23. The molecule has 63 valence electrons. The van der Waals surface area contributed by atoms with Gasteiger partial charge in [0.05, 0.1) is 12.6 Å². The molecule has 0 amide bonds. The first-order valence-corrected chi connectivity index (χ1v) is 4.05. The minimum atomic E-state index is -0.984. The summed E-state index contributed by atoms with van der Waals surface area (Å²) in [6, 6.07) is -0.493. The molecule has 0 aliphatic carbocycles. The molecule has 1 fully saturated rings. The van der Waals surface area contributed by atoms with E-state index < -0.39 is 24.3 Å². The van der Waals surface area contributed by atoms with Gasteiger partial charge in [0.25, 0.3) is 0 Å². The first kappa shape index (κ1) is 9.42. The fraction of sp³-hybridized carbons (Fsp3) is 1.00. The van der Waals surface area contributed by atoms with E-state index in [4.69, 9.17) is 9.84 Å². The minimum absolute atomic E-state index is 0.271. The molecular weight excluding hydrogens is 166 g/mol. The average molecular weight is 177 g/mol. The van der Waals surface area contributed by atoms with Crippen molar-refractivity contribution >= 4 is 16.1 Å². The lowest BCUT2D eigenvalue weighted by Gasteiger charge is -2.10. The van der Waals surface area contributed by atoms with Crippen LogP contribution in [0, 0.1) is 0 Å². The largest absolute Gasteiger partial charge is 0.394 e. The van der Waals surface area contributed by atoms with Gasteiger partial charge in [-0.25, -0.2) is 0 Å². The standard InChI is InChI=1S/C5H11BO4P/c7-1-2-3(8)4(9)5(6-11)10-2/h2-5,7-9H,1,11H2/t2-,3-,4-,5-/m1/s1. The lowest BCUT2D eigenvalue weighted by atomic mass is 9.91. The molecule has 0 bridgehead atoms. The number of aliphatic hydroxyl groups is 3. The van der Waals surface area contributed by atoms with Gasteiger partial charge < -0.3 is 20.1 Å². The number of hydrogen-bond donors (Lipinski definition) is 3. The second kappa shape index (κ2) is 3.83. The van der Waals surface area contributed by atoms with Crippen LogP contribution in [0.15, 0.2) is 0 Å². The molecule has 1 heterocycles. The molecule has 6 heteroatoms. The zero-order valence-electron chi connectivity index (χ0n) is 5.92. The van der Waals surface area contributed by atoms with Crippen LogP contribution in [-0.2, 0) is 4.74 Å². The van der Waals surface area contributed by atoms with Crippen molar-refractivity contribution in [1.82, 2.24) is 0 Å². The molecule has 1 radical (unpaired) electrons. The molecule has 3 N–H and O–H groups in total. The van der Waals surface area contributed by atoms with E-state index in [1.807, 2.05) is 0 Å². The van der Waals surface area contributed by atoms with E-state index in [1.54, 1.807) is 7.00 Å². The predicted octanol–water partition coefficient (Wildman–Crippen LogP) is -2.08. The van der Waals surface area contributed by atoms with Crippen molar-refractivity contribution in [2.45, 2.75) is 24.3 Å². The van der Waals surface area contributed by atoms with Gasteiger partial charge in [-0.05, 0) is 0 Å². The van der Waals surface area contributed by atoms with Gasteiger partial charge in [0.2, 0.25) is 0 Å². The summed E-state index contributed by atoms with van der Waals surface area (Å²) in [5.41, 5.74) is 0. The van der Waals surface area contributed by atoms with Gasteiger partial charge >= 0.3 is 0 Å². The highest BCUT2D eigenvalue weighted by atomic mass is 31.0. The molecule has 0 aromatic carbocycles. The summed E-state index contributed by atoms with van der Waals surface area (Å²) in [6.45, 7) is 1.30. The van der Waals surface area contributed by atoms with Gasteiger partial charge in [0.15, 0.2) is 7.00 Å². The Balaban J connectivity index is 2.53. The van der Waals surface area contributed by atoms with E-state index in [9.17, 15) is 10.2 Å². The third-order valence-corrected chi connectivity index (χ3v) is 2.15. The van der Waals surface area contributed by atoms with Crippen molar-refractivity contribution in [2.75, 3.05) is 6.61 Å². The summed E-state index contributed by atoms with van der Waals surface area (Å²) in [4.78, 5) is 0. The van der Waals surface area contributed by atoms with E-state index in [2.05, 4.69) is 9.12 Å². The normalized spacial score (nSPS) is 44.4. The Bertz CT molecular complexity index is 118. The van der Waals surface area contributed by atoms with Crippen LogP contribution in [0.4, 0.5) is 0 Å². The fourth-order valence-corrected chi connectivity index (χ4v) is 1.41. The topological polar surface area (TPSA) is 69.9 Å². The summed E-state index contributed by atoms with van der Waals surface area (Å²) >= 11 is 0. The van der Waals surface area contributed by atoms with Crippen LogP contribution >= 0.6 is 9.12 Å². The Hall–Kier alpha value is 0.335. The lowest BCUT2D eigenvalue weighted by molar-refractivity contribution is -0.00884. The Morgan fingerprint density at radius 3 is 2.27 bits per heavy atom. The van der Waals surface area contributed by atoms with Crippen LogP contribution in [0.25, 0.3) is 0 Å². The molecule has 11 heavy (non-hydrogen) atoms. The molecule has 0 spiro atoms. The number of rotatable bonds is 2. The van der Waals surface area contributed by atoms with Crippen molar-refractivity contribution in [3.8, 4) is 0 Å². The third-order valence-electron chi connectivity index (χ3n) is 1.77. The summed E-state index contributed by atoms with van der Waals surface area (Å²) < 4.78 is 5.06. The summed E-state index contributed by atoms with van der Waals surface area (Å²) in [7, 11) is 2.30. The molecule has 1 unspecified atom stereocenters. The second-order valence-corrected chi connectivity index (χ2v) is 2.88. The van der Waals surface area contributed by atoms with Gasteiger partial charge in [0, 0.05) is 0 Å². The lowest BCUT2D eigenvalue weighted by Crippen LogP contribution is -2.34. The molecule has 0 aromatic rings. The first-order chi connectivity index (χ1) is 5.20. The maximum absolute atomic E-state index is 9.23. The highest BCUT2D eigenvalue weighted by molar-refractivity contribution is 7.56. The summed E-state index contributed by atoms with van der Waals surface area (Å²) in [5.74, 6) is 0. The van der Waals surface area contributed by atoms with Gasteiger partial charge in [-0.2, -0.15) is 9.12 Å². The Kier molecular flexibility index (Phi) is 3.28. The SMILES string of the molecule is OC[C@H]1O[C@@H]([B]P)[C@H](O)[C@@H]1O. The van der Waals surface area contributed by atoms with Crippen LogP contribution < -0.4 is 0 Å². The zero-order valence-corrected chi connectivity index (χ0v) is 7.08. The zero-order chi connectivity index (χ0) is 8.43. The summed E-state index contributed by atoms with van der Waals surface area (Å²) in [5, 5.41) is 27.1. The monoisotopic (exact) mass is 177 g/mol. The molecule has 4 nitrogen and oxygen atoms in total. The Morgan fingerprint density at radius 1 is 1.36 bits per heavy atom. The molecule has 1 rings (SSSR count). The predicted molar refractivity (Wildman–Crippen MR) is 43.2 cm³/mol. The molecule has 5 atom stereocenters. The molecule has 0 aromatic heterocycles. The van der Waals surface area contributed by atoms with Crippen LogP contribution in [0.1, 0.15) is 0 Å². The maximum Gasteiger partial charge on any atom is 0.180 e. The summed E-state index contributed by atoms with van der Waals surface area (Å²) in [6.07, 6.45) is -2.57. The third kappa shape index (κ3) is 1.74. The molecular formula is C5H11BO4P. The van der Waals surface area contributed by atoms with Gasteiger partial charge in [0.1, 0.15) is 18.3 Å². The van der Waals surface area contributed by atoms with E-state index in [0.29, 0.717) is 0 Å². The van der Waals surface area contributed by atoms with E-state index in [0.717, 1.165) is 0 Å². The van der Waals surface area contributed by atoms with Gasteiger partial charge in [-0.3, -0.25) is 0 Å².